The summed E-state index contributed by atoms with van der Waals surface area (Å²) in [5.74, 6) is -0.165. The number of likely N-dealkylation sites (N-methyl/N-ethyl adjacent to an activating group) is 1. The molecule has 1 aromatic carbocycles. The molecule has 17 heavy (non-hydrogen) atoms. The topological polar surface area (TPSA) is 24.5 Å². The lowest BCUT2D eigenvalue weighted by Gasteiger charge is -2.32. The van der Waals surface area contributed by atoms with Gasteiger partial charge >= 0.3 is 0 Å². The highest BCUT2D eigenvalue weighted by atomic mass is 19.1. The van der Waals surface area contributed by atoms with Gasteiger partial charge in [-0.3, -0.25) is 10.2 Å². The van der Waals surface area contributed by atoms with Gasteiger partial charge in [-0.05, 0) is 37.2 Å². The summed E-state index contributed by atoms with van der Waals surface area (Å²) in [6, 6.07) is 4.98. The zero-order valence-corrected chi connectivity index (χ0v) is 10.4. The number of halogens is 1. The molecule has 1 fully saturated rings. The fourth-order valence-electron chi connectivity index (χ4n) is 2.10. The van der Waals surface area contributed by atoms with Gasteiger partial charge in [-0.15, -0.1) is 0 Å². The Hall–Kier alpha value is -0.970. The summed E-state index contributed by atoms with van der Waals surface area (Å²) in [6.07, 6.45) is 0.101. The molecule has 2 rings (SSSR count). The molecular formula is C13H19FN2O. The van der Waals surface area contributed by atoms with Gasteiger partial charge in [0.25, 0.3) is 0 Å². The van der Waals surface area contributed by atoms with Crippen molar-refractivity contribution in [2.75, 3.05) is 26.7 Å². The van der Waals surface area contributed by atoms with E-state index in [9.17, 15) is 4.39 Å². The quantitative estimate of drug-likeness (QED) is 0.864. The van der Waals surface area contributed by atoms with Gasteiger partial charge in [-0.25, -0.2) is 4.39 Å². The van der Waals surface area contributed by atoms with Crippen molar-refractivity contribution in [2.45, 2.75) is 19.7 Å². The predicted octanol–water partition coefficient (Wildman–Crippen LogP) is 1.51. The lowest BCUT2D eigenvalue weighted by atomic mass is 10.1. The van der Waals surface area contributed by atoms with E-state index >= 15 is 0 Å². The highest BCUT2D eigenvalue weighted by Gasteiger charge is 2.19. The minimum atomic E-state index is -0.165. The summed E-state index contributed by atoms with van der Waals surface area (Å²) in [7, 11) is 1.90. The number of aryl methyl sites for hydroxylation is 1. The van der Waals surface area contributed by atoms with E-state index in [0.29, 0.717) is 0 Å². The standard InChI is InChI=1S/C13H19FN2O/c1-10-7-12(14)4-3-11(10)8-16-5-6-17-13(9-16)15-2/h3-4,7,13,15H,5-6,8-9H2,1-2H3/t13-/m0/s1. The molecule has 1 atom stereocenters. The zero-order valence-electron chi connectivity index (χ0n) is 10.4. The molecule has 1 aliphatic rings. The van der Waals surface area contributed by atoms with E-state index in [1.54, 1.807) is 6.07 Å². The maximum Gasteiger partial charge on any atom is 0.123 e. The van der Waals surface area contributed by atoms with Crippen molar-refractivity contribution in [3.8, 4) is 0 Å². The molecule has 0 unspecified atom stereocenters. The smallest absolute Gasteiger partial charge is 0.123 e. The molecule has 0 radical (unpaired) electrons. The second-order valence-electron chi connectivity index (χ2n) is 4.45. The number of nitrogens with one attached hydrogen (secondary N) is 1. The van der Waals surface area contributed by atoms with Crippen LogP contribution in [0, 0.1) is 12.7 Å². The summed E-state index contributed by atoms with van der Waals surface area (Å²) >= 11 is 0. The number of nitrogens with zero attached hydrogens (tertiary/aromatic N) is 1. The summed E-state index contributed by atoms with van der Waals surface area (Å²) in [5, 5.41) is 3.12. The third kappa shape index (κ3) is 3.25. The Balaban J connectivity index is 2.00. The third-order valence-electron chi connectivity index (χ3n) is 3.17. The largest absolute Gasteiger partial charge is 0.361 e. The lowest BCUT2D eigenvalue weighted by molar-refractivity contribution is -0.0443. The monoisotopic (exact) mass is 238 g/mol. The van der Waals surface area contributed by atoms with Crippen molar-refractivity contribution in [1.29, 1.82) is 0 Å². The van der Waals surface area contributed by atoms with Crippen molar-refractivity contribution >= 4 is 0 Å². The zero-order chi connectivity index (χ0) is 12.3. The number of ether oxygens (including phenoxy) is 1. The molecule has 94 valence electrons. The first-order chi connectivity index (χ1) is 8.19. The van der Waals surface area contributed by atoms with E-state index in [1.807, 2.05) is 20.0 Å². The molecule has 1 aromatic rings. The second kappa shape index (κ2) is 5.58. The van der Waals surface area contributed by atoms with Crippen LogP contribution in [0.4, 0.5) is 4.39 Å². The third-order valence-corrected chi connectivity index (χ3v) is 3.17. The molecule has 0 bridgehead atoms. The van der Waals surface area contributed by atoms with E-state index < -0.39 is 0 Å². The fourth-order valence-corrected chi connectivity index (χ4v) is 2.10. The number of hydrogen-bond donors (Lipinski definition) is 1. The van der Waals surface area contributed by atoms with E-state index in [1.165, 1.54) is 11.6 Å². The van der Waals surface area contributed by atoms with Crippen LogP contribution in [0.2, 0.25) is 0 Å². The molecule has 0 aliphatic carbocycles. The van der Waals surface area contributed by atoms with Gasteiger partial charge in [0.15, 0.2) is 0 Å². The summed E-state index contributed by atoms with van der Waals surface area (Å²) in [6.45, 7) is 5.34. The van der Waals surface area contributed by atoms with Crippen molar-refractivity contribution in [3.05, 3.63) is 35.1 Å². The highest BCUT2D eigenvalue weighted by molar-refractivity contribution is 5.26. The number of rotatable bonds is 3. The molecule has 1 heterocycles. The Bertz CT molecular complexity index is 384. The van der Waals surface area contributed by atoms with Crippen LogP contribution < -0.4 is 5.32 Å². The Morgan fingerprint density at radius 2 is 2.35 bits per heavy atom. The van der Waals surface area contributed by atoms with Crippen LogP contribution in [0.5, 0.6) is 0 Å². The average molecular weight is 238 g/mol. The van der Waals surface area contributed by atoms with Crippen LogP contribution >= 0.6 is 0 Å². The number of morpholine rings is 1. The Labute approximate surface area is 102 Å². The van der Waals surface area contributed by atoms with Crippen molar-refractivity contribution in [1.82, 2.24) is 10.2 Å². The van der Waals surface area contributed by atoms with E-state index in [4.69, 9.17) is 4.74 Å². The van der Waals surface area contributed by atoms with Gasteiger partial charge in [0, 0.05) is 19.6 Å². The van der Waals surface area contributed by atoms with E-state index in [2.05, 4.69) is 10.2 Å². The van der Waals surface area contributed by atoms with E-state index in [-0.39, 0.29) is 12.0 Å². The molecule has 0 spiro atoms. The SMILES string of the molecule is CN[C@@H]1CN(Cc2ccc(F)cc2C)CCO1. The van der Waals surface area contributed by atoms with Crippen LogP contribution in [0.25, 0.3) is 0 Å². The van der Waals surface area contributed by atoms with Crippen LogP contribution in [0.3, 0.4) is 0 Å². The van der Waals surface area contributed by atoms with Gasteiger partial charge in [-0.1, -0.05) is 6.07 Å². The minimum absolute atomic E-state index is 0.101. The van der Waals surface area contributed by atoms with Crippen LogP contribution in [-0.2, 0) is 11.3 Å². The molecule has 3 nitrogen and oxygen atoms in total. The molecule has 0 aromatic heterocycles. The minimum Gasteiger partial charge on any atom is -0.361 e. The van der Waals surface area contributed by atoms with Gasteiger partial charge < -0.3 is 4.74 Å². The molecule has 1 aliphatic heterocycles. The summed E-state index contributed by atoms with van der Waals surface area (Å²) in [5.41, 5.74) is 2.20. The van der Waals surface area contributed by atoms with Crippen LogP contribution in [0.1, 0.15) is 11.1 Å². The molecule has 1 saturated heterocycles. The Kier molecular flexibility index (Phi) is 4.10. The molecular weight excluding hydrogens is 219 g/mol. The van der Waals surface area contributed by atoms with Crippen LogP contribution in [0.15, 0.2) is 18.2 Å². The Morgan fingerprint density at radius 1 is 1.53 bits per heavy atom. The molecule has 0 saturated carbocycles. The molecule has 4 heteroatoms. The molecule has 1 N–H and O–H groups in total. The first-order valence-electron chi connectivity index (χ1n) is 5.95. The average Bonchev–Trinajstić information content (AvgIpc) is 2.33. The van der Waals surface area contributed by atoms with Crippen molar-refractivity contribution in [3.63, 3.8) is 0 Å². The number of benzene rings is 1. The summed E-state index contributed by atoms with van der Waals surface area (Å²) in [4.78, 5) is 2.32. The fraction of sp³-hybridized carbons (Fsp3) is 0.538. The van der Waals surface area contributed by atoms with Gasteiger partial charge in [0.2, 0.25) is 0 Å². The highest BCUT2D eigenvalue weighted by Crippen LogP contribution is 2.14. The van der Waals surface area contributed by atoms with Gasteiger partial charge in [0.05, 0.1) is 6.61 Å². The normalized spacial score (nSPS) is 21.7. The predicted molar refractivity (Wildman–Crippen MR) is 65.2 cm³/mol. The number of hydrogen-bond acceptors (Lipinski definition) is 3. The maximum atomic E-state index is 13.0. The van der Waals surface area contributed by atoms with Crippen molar-refractivity contribution in [2.24, 2.45) is 0 Å². The maximum absolute atomic E-state index is 13.0. The first-order valence-corrected chi connectivity index (χ1v) is 5.95. The second-order valence-corrected chi connectivity index (χ2v) is 4.45. The van der Waals surface area contributed by atoms with Crippen LogP contribution in [-0.4, -0.2) is 37.9 Å². The van der Waals surface area contributed by atoms with Gasteiger partial charge in [0.1, 0.15) is 12.0 Å². The molecule has 0 amide bonds. The Morgan fingerprint density at radius 3 is 3.06 bits per heavy atom. The van der Waals surface area contributed by atoms with E-state index in [0.717, 1.165) is 31.8 Å². The van der Waals surface area contributed by atoms with Crippen molar-refractivity contribution < 1.29 is 9.13 Å². The first kappa shape index (κ1) is 12.5. The summed E-state index contributed by atoms with van der Waals surface area (Å²) < 4.78 is 18.5. The van der Waals surface area contributed by atoms with Gasteiger partial charge in [-0.2, -0.15) is 0 Å². The lowest BCUT2D eigenvalue weighted by Crippen LogP contribution is -2.47.